The Bertz CT molecular complexity index is 1370. The summed E-state index contributed by atoms with van der Waals surface area (Å²) >= 11 is 0. The molecule has 2 saturated heterocycles. The van der Waals surface area contributed by atoms with E-state index in [9.17, 15) is 14.2 Å². The van der Waals surface area contributed by atoms with Crippen LogP contribution in [0.3, 0.4) is 0 Å². The number of rotatable bonds is 9. The van der Waals surface area contributed by atoms with Gasteiger partial charge >= 0.3 is 13.8 Å². The van der Waals surface area contributed by atoms with E-state index < -0.39 is 31.6 Å². The van der Waals surface area contributed by atoms with Crippen LogP contribution in [0.2, 0.25) is 0 Å². The number of benzene rings is 3. The van der Waals surface area contributed by atoms with Crippen molar-refractivity contribution in [1.82, 2.24) is 9.99 Å². The van der Waals surface area contributed by atoms with Crippen LogP contribution in [0.15, 0.2) is 72.8 Å². The first-order valence-electron chi connectivity index (χ1n) is 13.0. The molecule has 216 valence electrons. The molecule has 0 bridgehead atoms. The minimum absolute atomic E-state index is 0.00901. The Labute approximate surface area is 236 Å². The predicted molar refractivity (Wildman–Crippen MR) is 148 cm³/mol. The van der Waals surface area contributed by atoms with Gasteiger partial charge in [-0.2, -0.15) is 4.67 Å². The Hall–Kier alpha value is -4.15. The number of ether oxygens (including phenoxy) is 1. The number of amides is 2. The summed E-state index contributed by atoms with van der Waals surface area (Å²) in [6.07, 6.45) is -1.40. The summed E-state index contributed by atoms with van der Waals surface area (Å²) in [5.74, 6) is -1.26. The van der Waals surface area contributed by atoms with Crippen LogP contribution in [-0.2, 0) is 14.1 Å². The van der Waals surface area contributed by atoms with Crippen LogP contribution < -0.4 is 24.2 Å². The molecule has 2 aliphatic rings. The molecule has 0 aromatic heterocycles. The fourth-order valence-electron chi connectivity index (χ4n) is 4.63. The molecule has 2 amide bonds. The number of para-hydroxylation sites is 2. The average molecular weight is 587 g/mol. The second-order valence-electron chi connectivity index (χ2n) is 9.53. The molecular weight excluding hydrogens is 557 g/mol. The third kappa shape index (κ3) is 6.61. The van der Waals surface area contributed by atoms with Gasteiger partial charge in [-0.05, 0) is 24.3 Å². The number of piperazine rings is 1. The summed E-state index contributed by atoms with van der Waals surface area (Å²) in [7, 11) is -3.89. The Morgan fingerprint density at radius 3 is 2.00 bits per heavy atom. The molecule has 1 N–H and O–H groups in total. The molecule has 3 aromatic rings. The van der Waals surface area contributed by atoms with Crippen molar-refractivity contribution in [1.29, 1.82) is 0 Å². The molecule has 41 heavy (non-hydrogen) atoms. The van der Waals surface area contributed by atoms with Crippen molar-refractivity contribution in [2.45, 2.75) is 13.0 Å². The molecule has 2 heterocycles. The number of hydrogen-bond acceptors (Lipinski definition) is 7. The fourth-order valence-corrected chi connectivity index (χ4v) is 6.35. The van der Waals surface area contributed by atoms with Crippen LogP contribution in [0.4, 0.5) is 25.0 Å². The van der Waals surface area contributed by atoms with E-state index in [4.69, 9.17) is 13.8 Å². The average Bonchev–Trinajstić information content (AvgIpc) is 3.33. The van der Waals surface area contributed by atoms with Gasteiger partial charge in [0.15, 0.2) is 11.6 Å². The molecule has 2 aliphatic heterocycles. The van der Waals surface area contributed by atoms with Gasteiger partial charge in [0.25, 0.3) is 0 Å². The van der Waals surface area contributed by atoms with Crippen LogP contribution in [0.25, 0.3) is 0 Å². The van der Waals surface area contributed by atoms with Gasteiger partial charge in [-0.3, -0.25) is 9.69 Å². The van der Waals surface area contributed by atoms with E-state index in [-0.39, 0.29) is 56.6 Å². The maximum absolute atomic E-state index is 15.3. The van der Waals surface area contributed by atoms with Gasteiger partial charge in [-0.25, -0.2) is 18.1 Å². The van der Waals surface area contributed by atoms with Gasteiger partial charge in [0.05, 0.1) is 18.8 Å². The molecule has 0 unspecified atom stereocenters. The Morgan fingerprint density at radius 2 is 1.49 bits per heavy atom. The number of halogens is 2. The highest BCUT2D eigenvalue weighted by Gasteiger charge is 2.40. The molecule has 0 radical (unpaired) electrons. The summed E-state index contributed by atoms with van der Waals surface area (Å²) in [6.45, 7) is 2.02. The molecule has 5 rings (SSSR count). The van der Waals surface area contributed by atoms with Crippen LogP contribution in [0.5, 0.6) is 11.5 Å². The van der Waals surface area contributed by atoms with E-state index in [1.165, 1.54) is 11.8 Å². The Morgan fingerprint density at radius 1 is 0.951 bits per heavy atom. The zero-order chi connectivity index (χ0) is 29.0. The van der Waals surface area contributed by atoms with Crippen molar-refractivity contribution in [3.05, 3.63) is 84.4 Å². The molecule has 0 aliphatic carbocycles. The minimum Gasteiger partial charge on any atom is -0.442 e. The van der Waals surface area contributed by atoms with E-state index in [2.05, 4.69) is 5.32 Å². The van der Waals surface area contributed by atoms with Gasteiger partial charge in [0, 0.05) is 45.2 Å². The molecule has 3 aromatic carbocycles. The van der Waals surface area contributed by atoms with Crippen molar-refractivity contribution in [2.24, 2.45) is 0 Å². The number of anilines is 2. The summed E-state index contributed by atoms with van der Waals surface area (Å²) in [6, 6.07) is 19.4. The standard InChI is InChI=1S/C28H29F2N4O6P/c1-20(35)31-18-24-19-34(28(36)38-24)21-16-25(29)27(26(30)17-21)32-12-14-33(15-13-32)41(37,39-22-8-4-2-5-9-22)40-23-10-6-3-7-11-23/h2-11,16-17,24H,12-15,18-19H2,1H3,(H,31,35)/t24-/m0/s1. The quantitative estimate of drug-likeness (QED) is 0.357. The topological polar surface area (TPSA) is 101 Å². The van der Waals surface area contributed by atoms with E-state index in [1.54, 1.807) is 65.3 Å². The number of carbonyl (C=O) groups is 2. The smallest absolute Gasteiger partial charge is 0.442 e. The first kappa shape index (κ1) is 28.4. The van der Waals surface area contributed by atoms with Crippen molar-refractivity contribution < 1.29 is 36.7 Å². The van der Waals surface area contributed by atoms with Gasteiger partial charge in [0.1, 0.15) is 23.3 Å². The van der Waals surface area contributed by atoms with Crippen LogP contribution in [0, 0.1) is 11.6 Å². The zero-order valence-electron chi connectivity index (χ0n) is 22.2. The highest BCUT2D eigenvalue weighted by Crippen LogP contribution is 2.52. The third-order valence-corrected chi connectivity index (χ3v) is 8.59. The minimum atomic E-state index is -3.89. The van der Waals surface area contributed by atoms with Crippen molar-refractivity contribution >= 4 is 31.1 Å². The molecule has 10 nitrogen and oxygen atoms in total. The molecule has 0 spiro atoms. The monoisotopic (exact) mass is 586 g/mol. The van der Waals surface area contributed by atoms with E-state index in [1.807, 2.05) is 0 Å². The lowest BCUT2D eigenvalue weighted by Gasteiger charge is -2.38. The Balaban J connectivity index is 1.29. The lowest BCUT2D eigenvalue weighted by molar-refractivity contribution is -0.119. The highest BCUT2D eigenvalue weighted by atomic mass is 31.2. The van der Waals surface area contributed by atoms with Gasteiger partial charge < -0.3 is 24.0 Å². The Kier molecular flexibility index (Phi) is 8.41. The van der Waals surface area contributed by atoms with Gasteiger partial charge in [0.2, 0.25) is 5.91 Å². The van der Waals surface area contributed by atoms with E-state index >= 15 is 8.78 Å². The lowest BCUT2D eigenvalue weighted by atomic mass is 10.2. The maximum atomic E-state index is 15.3. The van der Waals surface area contributed by atoms with Crippen LogP contribution in [-0.4, -0.2) is 62.0 Å². The number of nitrogens with one attached hydrogen (secondary N) is 1. The normalized spacial score (nSPS) is 17.7. The number of hydrogen-bond donors (Lipinski definition) is 1. The first-order valence-corrected chi connectivity index (χ1v) is 14.5. The van der Waals surface area contributed by atoms with Crippen LogP contribution in [0.1, 0.15) is 6.92 Å². The SMILES string of the molecule is CC(=O)NC[C@H]1CN(c2cc(F)c(N3CCN(P(=O)(Oc4ccccc4)Oc4ccccc4)CC3)c(F)c2)C(=O)O1. The maximum Gasteiger partial charge on any atom is 0.515 e. The van der Waals surface area contributed by atoms with E-state index in [0.29, 0.717) is 11.5 Å². The van der Waals surface area contributed by atoms with Crippen molar-refractivity contribution in [3.63, 3.8) is 0 Å². The molecule has 0 saturated carbocycles. The number of cyclic esters (lactones) is 1. The number of nitrogens with zero attached hydrogens (tertiary/aromatic N) is 3. The summed E-state index contributed by atoms with van der Waals surface area (Å²) in [4.78, 5) is 26.1. The highest BCUT2D eigenvalue weighted by molar-refractivity contribution is 7.52. The van der Waals surface area contributed by atoms with E-state index in [0.717, 1.165) is 17.0 Å². The largest absolute Gasteiger partial charge is 0.515 e. The summed E-state index contributed by atoms with van der Waals surface area (Å²) in [5, 5.41) is 2.56. The van der Waals surface area contributed by atoms with Gasteiger partial charge in [-0.1, -0.05) is 36.4 Å². The molecular formula is C28H29F2N4O6P. The number of carbonyl (C=O) groups excluding carboxylic acids is 2. The molecule has 13 heteroatoms. The van der Waals surface area contributed by atoms with Crippen molar-refractivity contribution in [3.8, 4) is 11.5 Å². The summed E-state index contributed by atoms with van der Waals surface area (Å²) in [5.41, 5.74) is -0.242. The second-order valence-corrected chi connectivity index (χ2v) is 11.4. The van der Waals surface area contributed by atoms with Crippen LogP contribution >= 0.6 is 7.75 Å². The first-order chi connectivity index (χ1) is 19.7. The fraction of sp³-hybridized carbons (Fsp3) is 0.286. The van der Waals surface area contributed by atoms with Crippen molar-refractivity contribution in [2.75, 3.05) is 49.1 Å². The summed E-state index contributed by atoms with van der Waals surface area (Å²) < 4.78 is 63.1. The second kappa shape index (κ2) is 12.2. The predicted octanol–water partition coefficient (Wildman–Crippen LogP) is 4.81. The molecule has 2 fully saturated rings. The van der Waals surface area contributed by atoms with Gasteiger partial charge in [-0.15, -0.1) is 0 Å². The zero-order valence-corrected chi connectivity index (χ0v) is 23.1. The lowest BCUT2D eigenvalue weighted by Crippen LogP contribution is -2.46. The molecule has 1 atom stereocenters. The third-order valence-electron chi connectivity index (χ3n) is 6.61.